The molecule has 0 bridgehead atoms. The largest absolute Gasteiger partial charge is 0.504 e. The number of rotatable bonds is 1. The third-order valence-corrected chi connectivity index (χ3v) is 2.02. The number of carbonyl (C=O) groups is 1. The molecule has 0 spiro atoms. The molecule has 2 N–H and O–H groups in total. The summed E-state index contributed by atoms with van der Waals surface area (Å²) in [5.74, 6) is -0.300. The van der Waals surface area contributed by atoms with Crippen molar-refractivity contribution in [1.82, 2.24) is 0 Å². The van der Waals surface area contributed by atoms with Gasteiger partial charge in [-0.2, -0.15) is 0 Å². The fourth-order valence-corrected chi connectivity index (χ4v) is 1.31. The van der Waals surface area contributed by atoms with Crippen LogP contribution in [-0.2, 0) is 4.79 Å². The van der Waals surface area contributed by atoms with E-state index in [1.807, 2.05) is 0 Å². The molecule has 0 aromatic heterocycles. The Hall–Kier alpha value is -1.97. The highest BCUT2D eigenvalue weighted by Crippen LogP contribution is 2.40. The van der Waals surface area contributed by atoms with Crippen molar-refractivity contribution in [1.29, 1.82) is 0 Å². The first-order valence-corrected chi connectivity index (χ1v) is 4.06. The Bertz CT molecular complexity index is 420. The molecule has 0 atom stereocenters. The van der Waals surface area contributed by atoms with E-state index in [1.165, 1.54) is 6.07 Å². The van der Waals surface area contributed by atoms with Gasteiger partial charge in [0.05, 0.1) is 0 Å². The van der Waals surface area contributed by atoms with Gasteiger partial charge in [0.2, 0.25) is 5.75 Å². The molecule has 0 saturated heterocycles. The molecule has 0 radical (unpaired) electrons. The zero-order valence-electron chi connectivity index (χ0n) is 7.23. The number of aldehydes is 1. The van der Waals surface area contributed by atoms with E-state index in [-0.39, 0.29) is 23.9 Å². The fourth-order valence-electron chi connectivity index (χ4n) is 1.31. The fraction of sp³-hybridized carbons (Fsp3) is 0.100. The monoisotopic (exact) mass is 192 g/mol. The number of benzene rings is 1. The Morgan fingerprint density at radius 3 is 2.86 bits per heavy atom. The highest BCUT2D eigenvalue weighted by molar-refractivity contribution is 5.85. The summed E-state index contributed by atoms with van der Waals surface area (Å²) in [6.07, 6.45) is 2.32. The molecular weight excluding hydrogens is 184 g/mol. The Morgan fingerprint density at radius 1 is 1.36 bits per heavy atom. The van der Waals surface area contributed by atoms with Gasteiger partial charge in [-0.25, -0.2) is 0 Å². The molecule has 72 valence electrons. The predicted octanol–water partition coefficient (Wildman–Crippen LogP) is 1.07. The maximum absolute atomic E-state index is 10.5. The number of fused-ring (bicyclic) bond motifs is 1. The van der Waals surface area contributed by atoms with Crippen molar-refractivity contribution >= 4 is 12.4 Å². The molecular formula is C10H8O4. The molecule has 1 aliphatic rings. The Labute approximate surface area is 80.1 Å². The maximum atomic E-state index is 10.5. The molecule has 1 aliphatic heterocycles. The molecule has 4 heteroatoms. The summed E-state index contributed by atoms with van der Waals surface area (Å²) in [5, 5.41) is 18.6. The number of aromatic hydroxyl groups is 2. The van der Waals surface area contributed by atoms with Gasteiger partial charge in [-0.3, -0.25) is 4.79 Å². The minimum atomic E-state index is -0.288. The third kappa shape index (κ3) is 1.21. The molecule has 2 rings (SSSR count). The summed E-state index contributed by atoms with van der Waals surface area (Å²) in [5.41, 5.74) is 1.09. The van der Waals surface area contributed by atoms with E-state index in [0.29, 0.717) is 17.4 Å². The lowest BCUT2D eigenvalue weighted by atomic mass is 10.1. The van der Waals surface area contributed by atoms with Crippen molar-refractivity contribution in [3.05, 3.63) is 23.3 Å². The molecule has 0 unspecified atom stereocenters. The molecule has 1 heterocycles. The highest BCUT2D eigenvalue weighted by atomic mass is 16.5. The minimum Gasteiger partial charge on any atom is -0.504 e. The molecule has 0 amide bonds. The second kappa shape index (κ2) is 3.06. The Balaban J connectivity index is 2.57. The summed E-state index contributed by atoms with van der Waals surface area (Å²) >= 11 is 0. The predicted molar refractivity (Wildman–Crippen MR) is 49.3 cm³/mol. The van der Waals surface area contributed by atoms with Gasteiger partial charge < -0.3 is 14.9 Å². The highest BCUT2D eigenvalue weighted by Gasteiger charge is 2.17. The molecule has 4 nitrogen and oxygen atoms in total. The lowest BCUT2D eigenvalue weighted by Crippen LogP contribution is -2.08. The molecule has 1 aromatic carbocycles. The van der Waals surface area contributed by atoms with E-state index in [1.54, 1.807) is 12.1 Å². The number of carbonyl (C=O) groups excluding carboxylic acids is 1. The zero-order chi connectivity index (χ0) is 10.1. The van der Waals surface area contributed by atoms with Crippen molar-refractivity contribution in [3.8, 4) is 17.2 Å². The van der Waals surface area contributed by atoms with Crippen LogP contribution in [-0.4, -0.2) is 23.1 Å². The van der Waals surface area contributed by atoms with Crippen LogP contribution in [0.3, 0.4) is 0 Å². The first kappa shape index (κ1) is 8.62. The standard InChI is InChI=1S/C10H8O4/c11-4-6-3-7-1-2-8(12)9(13)10(7)14-5-6/h1-4,12-13H,5H2. The van der Waals surface area contributed by atoms with Crippen LogP contribution in [0.5, 0.6) is 17.2 Å². The van der Waals surface area contributed by atoms with E-state index in [9.17, 15) is 15.0 Å². The van der Waals surface area contributed by atoms with E-state index in [2.05, 4.69) is 0 Å². The van der Waals surface area contributed by atoms with Crippen LogP contribution in [0, 0.1) is 0 Å². The normalized spacial score (nSPS) is 13.9. The van der Waals surface area contributed by atoms with Crippen LogP contribution in [0.2, 0.25) is 0 Å². The summed E-state index contributed by atoms with van der Waals surface area (Å²) < 4.78 is 5.13. The van der Waals surface area contributed by atoms with Crippen LogP contribution in [0.15, 0.2) is 17.7 Å². The van der Waals surface area contributed by atoms with E-state index in [0.717, 1.165) is 0 Å². The lowest BCUT2D eigenvalue weighted by molar-refractivity contribution is -0.105. The lowest BCUT2D eigenvalue weighted by Gasteiger charge is -2.16. The molecule has 1 aromatic rings. The number of phenolic OH excluding ortho intramolecular Hbond substituents is 2. The van der Waals surface area contributed by atoms with Gasteiger partial charge in [0, 0.05) is 11.1 Å². The van der Waals surface area contributed by atoms with Crippen LogP contribution >= 0.6 is 0 Å². The van der Waals surface area contributed by atoms with Gasteiger partial charge in [-0.1, -0.05) is 0 Å². The zero-order valence-corrected chi connectivity index (χ0v) is 7.23. The second-order valence-electron chi connectivity index (χ2n) is 2.98. The van der Waals surface area contributed by atoms with Gasteiger partial charge >= 0.3 is 0 Å². The minimum absolute atomic E-state index is 0.119. The Morgan fingerprint density at radius 2 is 2.14 bits per heavy atom. The third-order valence-electron chi connectivity index (χ3n) is 2.02. The number of hydrogen-bond donors (Lipinski definition) is 2. The van der Waals surface area contributed by atoms with E-state index in [4.69, 9.17) is 4.74 Å². The quantitative estimate of drug-likeness (QED) is 0.516. The van der Waals surface area contributed by atoms with Crippen molar-refractivity contribution in [2.45, 2.75) is 0 Å². The molecule has 14 heavy (non-hydrogen) atoms. The van der Waals surface area contributed by atoms with E-state index < -0.39 is 0 Å². The first-order chi connectivity index (χ1) is 6.72. The van der Waals surface area contributed by atoms with E-state index >= 15 is 0 Å². The first-order valence-electron chi connectivity index (χ1n) is 4.06. The van der Waals surface area contributed by atoms with Gasteiger partial charge in [0.25, 0.3) is 0 Å². The average molecular weight is 192 g/mol. The average Bonchev–Trinajstić information content (AvgIpc) is 2.23. The van der Waals surface area contributed by atoms with Crippen molar-refractivity contribution in [3.63, 3.8) is 0 Å². The van der Waals surface area contributed by atoms with Gasteiger partial charge in [0.15, 0.2) is 11.5 Å². The van der Waals surface area contributed by atoms with Crippen LogP contribution in [0.1, 0.15) is 5.56 Å². The van der Waals surface area contributed by atoms with Crippen molar-refractivity contribution in [2.75, 3.05) is 6.61 Å². The number of ether oxygens (including phenoxy) is 1. The van der Waals surface area contributed by atoms with Gasteiger partial charge in [0.1, 0.15) is 12.9 Å². The smallest absolute Gasteiger partial charge is 0.201 e. The molecule has 0 saturated carbocycles. The van der Waals surface area contributed by atoms with Gasteiger partial charge in [-0.15, -0.1) is 0 Å². The SMILES string of the molecule is O=CC1=Cc2ccc(O)c(O)c2OC1. The maximum Gasteiger partial charge on any atom is 0.201 e. The van der Waals surface area contributed by atoms with Gasteiger partial charge in [-0.05, 0) is 18.2 Å². The number of phenols is 2. The summed E-state index contributed by atoms with van der Waals surface area (Å²) in [6, 6.07) is 2.93. The second-order valence-corrected chi connectivity index (χ2v) is 2.98. The van der Waals surface area contributed by atoms with Crippen LogP contribution < -0.4 is 4.74 Å². The summed E-state index contributed by atoms with van der Waals surface area (Å²) in [7, 11) is 0. The van der Waals surface area contributed by atoms with Crippen LogP contribution in [0.25, 0.3) is 6.08 Å². The summed E-state index contributed by atoms with van der Waals surface area (Å²) in [6.45, 7) is 0.119. The Kier molecular flexibility index (Phi) is 1.89. The number of hydrogen-bond acceptors (Lipinski definition) is 4. The van der Waals surface area contributed by atoms with Crippen LogP contribution in [0.4, 0.5) is 0 Å². The topological polar surface area (TPSA) is 66.8 Å². The van der Waals surface area contributed by atoms with Crippen molar-refractivity contribution in [2.24, 2.45) is 0 Å². The van der Waals surface area contributed by atoms with Crippen molar-refractivity contribution < 1.29 is 19.7 Å². The summed E-state index contributed by atoms with van der Waals surface area (Å²) in [4.78, 5) is 10.5. The molecule has 0 aliphatic carbocycles. The molecule has 0 fully saturated rings.